The van der Waals surface area contributed by atoms with E-state index in [2.05, 4.69) is 28.1 Å². The number of pyridine rings is 2. The number of hydrogen-bond donors (Lipinski definition) is 0. The van der Waals surface area contributed by atoms with E-state index >= 15 is 0 Å². The molecule has 36 heavy (non-hydrogen) atoms. The van der Waals surface area contributed by atoms with Crippen molar-refractivity contribution >= 4 is 28.8 Å². The lowest BCUT2D eigenvalue weighted by atomic mass is 9.95. The largest absolute Gasteiger partial charge is 0.352 e. The fourth-order valence-electron chi connectivity index (χ4n) is 5.60. The summed E-state index contributed by atoms with van der Waals surface area (Å²) in [5.74, 6) is 1.71. The lowest BCUT2D eigenvalue weighted by Gasteiger charge is -2.42. The van der Waals surface area contributed by atoms with Crippen LogP contribution in [-0.4, -0.2) is 52.7 Å². The van der Waals surface area contributed by atoms with Crippen molar-refractivity contribution in [2.75, 3.05) is 24.5 Å². The maximum Gasteiger partial charge on any atom is 0.223 e. The Hall–Kier alpha value is -3.79. The highest BCUT2D eigenvalue weighted by molar-refractivity contribution is 5.97. The molecule has 7 nitrogen and oxygen atoms in total. The zero-order chi connectivity index (χ0) is 24.6. The van der Waals surface area contributed by atoms with E-state index in [0.717, 1.165) is 65.4 Å². The van der Waals surface area contributed by atoms with E-state index in [-0.39, 0.29) is 24.8 Å². The SMILES string of the molecule is N#Cc1cc(-c2cccc3cnccc23)c(C2CC2)nc1N1CCN(C(=O)CCC=O)[C@H](C2CC2)C1. The second kappa shape index (κ2) is 9.34. The number of hydrogen-bond acceptors (Lipinski definition) is 6. The highest BCUT2D eigenvalue weighted by Crippen LogP contribution is 2.46. The number of anilines is 1. The Morgan fingerprint density at radius 2 is 2.00 bits per heavy atom. The smallest absolute Gasteiger partial charge is 0.223 e. The minimum Gasteiger partial charge on any atom is -0.352 e. The van der Waals surface area contributed by atoms with Crippen molar-refractivity contribution in [3.8, 4) is 17.2 Å². The van der Waals surface area contributed by atoms with Gasteiger partial charge in [-0.15, -0.1) is 0 Å². The van der Waals surface area contributed by atoms with Crippen LogP contribution in [0.3, 0.4) is 0 Å². The molecule has 7 heteroatoms. The van der Waals surface area contributed by atoms with E-state index in [1.165, 1.54) is 0 Å². The van der Waals surface area contributed by atoms with Crippen molar-refractivity contribution in [3.63, 3.8) is 0 Å². The summed E-state index contributed by atoms with van der Waals surface area (Å²) in [6, 6.07) is 12.8. The molecule has 2 aromatic heterocycles. The van der Waals surface area contributed by atoms with Crippen LogP contribution in [0.5, 0.6) is 0 Å². The normalized spacial score (nSPS) is 19.8. The molecule has 1 atom stereocenters. The number of nitriles is 1. The van der Waals surface area contributed by atoms with Gasteiger partial charge >= 0.3 is 0 Å². The maximum absolute atomic E-state index is 12.8. The monoisotopic (exact) mass is 479 g/mol. The van der Waals surface area contributed by atoms with Crippen LogP contribution >= 0.6 is 0 Å². The van der Waals surface area contributed by atoms with Crippen LogP contribution in [0.25, 0.3) is 21.9 Å². The van der Waals surface area contributed by atoms with Crippen molar-refractivity contribution in [1.82, 2.24) is 14.9 Å². The molecule has 1 saturated heterocycles. The summed E-state index contributed by atoms with van der Waals surface area (Å²) >= 11 is 0. The number of piperazine rings is 1. The number of carbonyl (C=O) groups is 2. The van der Waals surface area contributed by atoms with E-state index in [1.807, 2.05) is 35.5 Å². The summed E-state index contributed by atoms with van der Waals surface area (Å²) in [7, 11) is 0. The van der Waals surface area contributed by atoms with Crippen molar-refractivity contribution in [3.05, 3.63) is 54.0 Å². The first-order valence-electron chi connectivity index (χ1n) is 12.9. The lowest BCUT2D eigenvalue weighted by molar-refractivity contribution is -0.135. The molecule has 3 aliphatic rings. The average molecular weight is 480 g/mol. The van der Waals surface area contributed by atoms with Crippen LogP contribution in [0, 0.1) is 17.2 Å². The first-order valence-corrected chi connectivity index (χ1v) is 12.9. The number of benzene rings is 1. The highest BCUT2D eigenvalue weighted by atomic mass is 16.2. The van der Waals surface area contributed by atoms with Crippen LogP contribution in [0.2, 0.25) is 0 Å². The molecular formula is C29H29N5O2. The van der Waals surface area contributed by atoms with Gasteiger partial charge in [0.1, 0.15) is 18.2 Å². The molecule has 0 unspecified atom stereocenters. The molecule has 182 valence electrons. The van der Waals surface area contributed by atoms with Crippen LogP contribution in [-0.2, 0) is 9.59 Å². The maximum atomic E-state index is 12.8. The van der Waals surface area contributed by atoms with Gasteiger partial charge in [0.2, 0.25) is 5.91 Å². The number of nitrogens with zero attached hydrogens (tertiary/aromatic N) is 5. The van der Waals surface area contributed by atoms with E-state index in [1.54, 1.807) is 0 Å². The summed E-state index contributed by atoms with van der Waals surface area (Å²) in [5, 5.41) is 12.4. The molecule has 3 aromatic rings. The predicted octanol–water partition coefficient (Wildman–Crippen LogP) is 4.45. The van der Waals surface area contributed by atoms with Crippen molar-refractivity contribution in [2.45, 2.75) is 50.5 Å². The number of aldehydes is 1. The highest BCUT2D eigenvalue weighted by Gasteiger charge is 2.41. The third-order valence-electron chi connectivity index (χ3n) is 7.77. The topological polar surface area (TPSA) is 90.2 Å². The van der Waals surface area contributed by atoms with Gasteiger partial charge in [0.15, 0.2) is 0 Å². The molecule has 1 aromatic carbocycles. The molecule has 3 heterocycles. The molecule has 6 rings (SSSR count). The molecule has 0 bridgehead atoms. The Bertz CT molecular complexity index is 1370. The Balaban J connectivity index is 1.37. The Morgan fingerprint density at radius 1 is 1.14 bits per heavy atom. The quantitative estimate of drug-likeness (QED) is 0.465. The van der Waals surface area contributed by atoms with Gasteiger partial charge in [-0.2, -0.15) is 5.26 Å². The molecule has 1 amide bonds. The lowest BCUT2D eigenvalue weighted by Crippen LogP contribution is -2.56. The standard InChI is InChI=1S/C29H29N5O2/c30-16-22-15-25(24-4-1-3-21-17-31-11-10-23(21)24)28(20-8-9-20)32-29(22)33-12-13-34(27(36)5-2-14-35)26(18-33)19-6-7-19/h1,3-4,10-11,14-15,17,19-20,26H,2,5-9,12-13,18H2/t26-/m0/s1. The summed E-state index contributed by atoms with van der Waals surface area (Å²) in [6.45, 7) is 1.92. The van der Waals surface area contributed by atoms with E-state index in [4.69, 9.17) is 4.98 Å². The molecule has 0 N–H and O–H groups in total. The molecule has 0 spiro atoms. The Morgan fingerprint density at radius 3 is 2.75 bits per heavy atom. The minimum atomic E-state index is 0.0616. The van der Waals surface area contributed by atoms with Crippen LogP contribution in [0.15, 0.2) is 42.7 Å². The van der Waals surface area contributed by atoms with Gasteiger partial charge in [0, 0.05) is 61.7 Å². The zero-order valence-electron chi connectivity index (χ0n) is 20.3. The molecule has 3 fully saturated rings. The molecular weight excluding hydrogens is 450 g/mol. The fourth-order valence-corrected chi connectivity index (χ4v) is 5.60. The zero-order valence-corrected chi connectivity index (χ0v) is 20.3. The van der Waals surface area contributed by atoms with Crippen LogP contribution < -0.4 is 4.90 Å². The van der Waals surface area contributed by atoms with Crippen molar-refractivity contribution < 1.29 is 9.59 Å². The summed E-state index contributed by atoms with van der Waals surface area (Å²) < 4.78 is 0. The van der Waals surface area contributed by atoms with Gasteiger partial charge in [-0.25, -0.2) is 4.98 Å². The van der Waals surface area contributed by atoms with Gasteiger partial charge in [0.05, 0.1) is 17.3 Å². The van der Waals surface area contributed by atoms with Gasteiger partial charge in [-0.05, 0) is 54.7 Å². The molecule has 2 saturated carbocycles. The van der Waals surface area contributed by atoms with Crippen LogP contribution in [0.4, 0.5) is 5.82 Å². The molecule has 0 radical (unpaired) electrons. The first kappa shape index (κ1) is 22.7. The predicted molar refractivity (Wildman–Crippen MR) is 137 cm³/mol. The number of rotatable bonds is 7. The summed E-state index contributed by atoms with van der Waals surface area (Å²) in [5.41, 5.74) is 3.78. The van der Waals surface area contributed by atoms with Gasteiger partial charge in [-0.1, -0.05) is 18.2 Å². The van der Waals surface area contributed by atoms with Crippen LogP contribution in [0.1, 0.15) is 55.7 Å². The van der Waals surface area contributed by atoms with Crippen molar-refractivity contribution in [2.24, 2.45) is 5.92 Å². The van der Waals surface area contributed by atoms with Crippen molar-refractivity contribution in [1.29, 1.82) is 5.26 Å². The summed E-state index contributed by atoms with van der Waals surface area (Å²) in [4.78, 5) is 37.2. The Labute approximate surface area is 210 Å². The third-order valence-corrected chi connectivity index (χ3v) is 7.77. The molecule has 2 aliphatic carbocycles. The fraction of sp³-hybridized carbons (Fsp3) is 0.414. The minimum absolute atomic E-state index is 0.0616. The number of fused-ring (bicyclic) bond motifs is 1. The summed E-state index contributed by atoms with van der Waals surface area (Å²) in [6.07, 6.45) is 9.51. The average Bonchev–Trinajstić information content (AvgIpc) is 3.84. The third kappa shape index (κ3) is 4.21. The van der Waals surface area contributed by atoms with E-state index in [9.17, 15) is 14.9 Å². The van der Waals surface area contributed by atoms with Gasteiger partial charge < -0.3 is 14.6 Å². The van der Waals surface area contributed by atoms with Gasteiger partial charge in [0.25, 0.3) is 0 Å². The first-order chi connectivity index (χ1) is 17.7. The number of aromatic nitrogens is 2. The number of amides is 1. The second-order valence-corrected chi connectivity index (χ2v) is 10.2. The van der Waals surface area contributed by atoms with Gasteiger partial charge in [-0.3, -0.25) is 9.78 Å². The second-order valence-electron chi connectivity index (χ2n) is 10.2. The number of carbonyl (C=O) groups excluding carboxylic acids is 2. The Kier molecular flexibility index (Phi) is 5.88. The van der Waals surface area contributed by atoms with E-state index < -0.39 is 0 Å². The molecule has 1 aliphatic heterocycles. The van der Waals surface area contributed by atoms with E-state index in [0.29, 0.717) is 37.0 Å².